The number of nitrogens with one attached hydrogen (secondary N) is 5. The van der Waals surface area contributed by atoms with E-state index in [0.29, 0.717) is 0 Å². The van der Waals surface area contributed by atoms with E-state index in [1.165, 1.54) is 0 Å². The van der Waals surface area contributed by atoms with Gasteiger partial charge in [0, 0.05) is 34.6 Å². The van der Waals surface area contributed by atoms with Crippen LogP contribution < -0.4 is 26.6 Å². The molecule has 11 heterocycles. The first-order valence-electron chi connectivity index (χ1n) is 43.6. The number of hydrogen-bond donors (Lipinski definition) is 35. The highest BCUT2D eigenvalue weighted by atomic mass is 16.8. The Kier molecular flexibility index (Phi) is 40.7. The van der Waals surface area contributed by atoms with Gasteiger partial charge in [-0.2, -0.15) is 0 Å². The highest BCUT2D eigenvalue weighted by Crippen LogP contribution is 2.43. The molecule has 0 aromatic heterocycles. The number of aliphatic hydroxyl groups excluding tert-OH is 30. The topological polar surface area (TPSA) is 946 Å². The van der Waals surface area contributed by atoms with Crippen LogP contribution in [0.1, 0.15) is 34.6 Å². The lowest BCUT2D eigenvalue weighted by Crippen LogP contribution is -2.72. The smallest absolute Gasteiger partial charge is 0.217 e. The predicted molar refractivity (Wildman–Crippen MR) is 420 cm³/mol. The largest absolute Gasteiger partial charge is 0.394 e. The van der Waals surface area contributed by atoms with Gasteiger partial charge in [-0.3, -0.25) is 24.0 Å². The molecule has 55 atom stereocenters. The van der Waals surface area contributed by atoms with Gasteiger partial charge in [-0.05, 0) is 0 Å². The van der Waals surface area contributed by atoms with Crippen molar-refractivity contribution in [3.8, 4) is 0 Å². The molecule has 0 aromatic rings. The zero-order valence-corrected chi connectivity index (χ0v) is 73.6. The van der Waals surface area contributed by atoms with Crippen LogP contribution in [0.25, 0.3) is 0 Å². The van der Waals surface area contributed by atoms with Crippen molar-refractivity contribution in [2.24, 2.45) is 0 Å². The van der Waals surface area contributed by atoms with Crippen molar-refractivity contribution >= 4 is 29.5 Å². The Labute approximate surface area is 775 Å². The number of aliphatic hydroxyl groups is 30. The summed E-state index contributed by atoms with van der Waals surface area (Å²) in [5, 5.41) is 352. The van der Waals surface area contributed by atoms with Crippen LogP contribution in [-0.2, 0) is 123 Å². The van der Waals surface area contributed by atoms with Crippen LogP contribution in [0.2, 0.25) is 0 Å². The van der Waals surface area contributed by atoms with Crippen LogP contribution in [0.4, 0.5) is 0 Å². The van der Waals surface area contributed by atoms with Crippen molar-refractivity contribution < 1.29 is 277 Å². The highest BCUT2D eigenvalue weighted by Gasteiger charge is 2.64. The first kappa shape index (κ1) is 113. The van der Waals surface area contributed by atoms with Gasteiger partial charge in [0.15, 0.2) is 69.2 Å². The van der Waals surface area contributed by atoms with E-state index >= 15 is 0 Å². The summed E-state index contributed by atoms with van der Waals surface area (Å²) in [5.74, 6) is -5.00. The Morgan fingerprint density at radius 2 is 0.423 bits per heavy atom. The Bertz CT molecular complexity index is 3780. The fourth-order valence-corrected chi connectivity index (χ4v) is 17.7. The fourth-order valence-electron chi connectivity index (χ4n) is 17.7. The van der Waals surface area contributed by atoms with Crippen molar-refractivity contribution in [1.82, 2.24) is 26.6 Å². The van der Waals surface area contributed by atoms with Gasteiger partial charge in [-0.25, -0.2) is 0 Å². The molecule has 11 rings (SSSR count). The second kappa shape index (κ2) is 49.5. The Balaban J connectivity index is 1.07. The maximum absolute atomic E-state index is 13.7. The molecule has 11 aliphatic rings. The molecular weight excluding hydrogens is 1880 g/mol. The van der Waals surface area contributed by atoms with Crippen LogP contribution >= 0.6 is 0 Å². The van der Waals surface area contributed by atoms with Gasteiger partial charge in [0.05, 0.1) is 72.7 Å². The van der Waals surface area contributed by atoms with Crippen molar-refractivity contribution in [3.05, 3.63) is 0 Å². The molecule has 11 saturated heterocycles. The fraction of sp³-hybridized carbons (Fsp3) is 0.934. The lowest BCUT2D eigenvalue weighted by molar-refractivity contribution is -0.413. The molecule has 0 unspecified atom stereocenters. The van der Waals surface area contributed by atoms with Crippen LogP contribution in [0.15, 0.2) is 0 Å². The molecule has 0 aliphatic carbocycles. The number of carbonyl (C=O) groups excluding carboxylic acids is 5. The minimum absolute atomic E-state index is 0.850. The molecule has 61 heteroatoms. The number of amides is 5. The molecule has 11 aliphatic heterocycles. The van der Waals surface area contributed by atoms with Gasteiger partial charge in [-0.1, -0.05) is 0 Å². The molecule has 61 nitrogen and oxygen atoms in total. The number of rotatable bonds is 36. The average Bonchev–Trinajstić information content (AvgIpc) is 0.748. The van der Waals surface area contributed by atoms with E-state index in [1.807, 2.05) is 0 Å². The minimum Gasteiger partial charge on any atom is -0.394 e. The Morgan fingerprint density at radius 1 is 0.190 bits per heavy atom. The van der Waals surface area contributed by atoms with Crippen LogP contribution in [0.5, 0.6) is 0 Å². The summed E-state index contributed by atoms with van der Waals surface area (Å²) < 4.78 is 128. The first-order valence-corrected chi connectivity index (χ1v) is 43.6. The maximum Gasteiger partial charge on any atom is 0.217 e. The molecule has 5 amide bonds. The highest BCUT2D eigenvalue weighted by molar-refractivity contribution is 5.75. The SMILES string of the molecule is CC(=O)N[C@@H]1[C@@H](O)[C@H](O[C@@H]2O[C@H](CO)[C@@H](O[C@@H]3O[C@H](CO[C@H]4O[C@H](CO[C@H]5O[C@H](CO)[C@@H](O)[C@H](O)[C@@H]5O)[C@@H](O)[C@H](O[C@H]5O[C@H](CO)[C@@H](O)[C@H](O)[C@@H]5O)[C@@H]4O)[C@@H](O[C@@H]4O[C@H](CO)[C@@H](O)[C@H](O)[C@H]4NC(C)=O)[C@H](O[C@H]4O[C@H](CO)[C@@H](O[C@@H]5O[C@H](CO)[C@@H](O)[C@H](O)[C@H]5NC(C)=O)[C@H](O)[C@@H]4O[C@@H]4O[C@H](CO)[C@@H](O[C@@H]5O[C@H](CO)[C@H](O)[C@H](O)[C@H]5O)[C@H](O)[C@H]4NC(C)=O)[C@@H]3O)[C@H](O)[C@H]2NC(C)=O)[C@@H](CO)O[C@H]1O. The van der Waals surface area contributed by atoms with Crippen LogP contribution in [0.3, 0.4) is 0 Å². The molecule has 792 valence electrons. The molecule has 0 bridgehead atoms. The van der Waals surface area contributed by atoms with Crippen molar-refractivity contribution in [3.63, 3.8) is 0 Å². The van der Waals surface area contributed by atoms with Crippen LogP contribution in [0, 0.1) is 0 Å². The molecule has 35 N–H and O–H groups in total. The van der Waals surface area contributed by atoms with E-state index in [1.54, 1.807) is 0 Å². The summed E-state index contributed by atoms with van der Waals surface area (Å²) >= 11 is 0. The van der Waals surface area contributed by atoms with Crippen molar-refractivity contribution in [2.75, 3.05) is 72.7 Å². The standard InChI is InChI=1S/C76H127N5O56/c1-17(91)77-33-46(104)58(27(11-87)119-66(33)116)130-69-36(80-20(4)94)47(105)60(29(13-89)125-69)133-75-57(115)64(136-76-65(55(113)61(30(14-90)127-76)131-67-34(78-18(2)92)44(102)38(96)22(6-82)120-67)137-70-37(81-21(5)95)48(106)59(28(12-88)126-70)132-73-53(111)50(108)41(99)25(9-85)123-73)62(134-68-35(79-19(3)93)45(103)39(97)23(7-83)121-68)32(129-75)16-118-72-56(114)63(135-74-54(112)51(109)42(100)26(10-86)124-74)43(101)31(128-72)15-117-71-52(110)49(107)40(98)24(8-84)122-71/h22-76,82-90,96-116H,6-16H2,1-5H3,(H,77,91)(H,78,92)(H,79,93)(H,80,94)(H,81,95)/t22-,23-,24-,25-,26-,27-,28-,29-,30-,31-,32-,33-,34-,35-,36-,37-,38-,39-,40-,41+,42-,43-,44-,45-,46-,47-,48-,49+,50+,51+,52+,53-,54+,55+,56+,57+,58-,59-,60-,61-,62-,63+,64-,65+,66-,67+,68+,69+,70+,71+,72+,73+,74-,75+,76-/m1/s1. The van der Waals surface area contributed by atoms with Gasteiger partial charge in [-0.15, -0.1) is 0 Å². The van der Waals surface area contributed by atoms with Gasteiger partial charge < -0.3 is 279 Å². The quantitative estimate of drug-likeness (QED) is 0.0277. The van der Waals surface area contributed by atoms with E-state index in [2.05, 4.69) is 26.6 Å². The zero-order chi connectivity index (χ0) is 101. The van der Waals surface area contributed by atoms with E-state index in [9.17, 15) is 177 Å². The lowest BCUT2D eigenvalue weighted by Gasteiger charge is -2.53. The normalized spacial score (nSPS) is 48.9. The third-order valence-corrected chi connectivity index (χ3v) is 25.0. The van der Waals surface area contributed by atoms with Gasteiger partial charge in [0.2, 0.25) is 29.5 Å². The number of ether oxygens (including phenoxy) is 21. The summed E-state index contributed by atoms with van der Waals surface area (Å²) in [4.78, 5) is 65.5. The molecule has 0 aromatic carbocycles. The second-order valence-electron chi connectivity index (χ2n) is 34.6. The van der Waals surface area contributed by atoms with Crippen LogP contribution in [-0.4, -0.2) is 593 Å². The molecule has 0 spiro atoms. The van der Waals surface area contributed by atoms with Gasteiger partial charge >= 0.3 is 0 Å². The summed E-state index contributed by atoms with van der Waals surface area (Å²) in [6.45, 7) is -8.78. The number of hydrogen-bond acceptors (Lipinski definition) is 56. The van der Waals surface area contributed by atoms with E-state index in [0.717, 1.165) is 34.6 Å². The molecule has 137 heavy (non-hydrogen) atoms. The maximum atomic E-state index is 13.7. The van der Waals surface area contributed by atoms with Gasteiger partial charge in [0.1, 0.15) is 268 Å². The second-order valence-corrected chi connectivity index (χ2v) is 34.6. The van der Waals surface area contributed by atoms with Gasteiger partial charge in [0.25, 0.3) is 0 Å². The first-order chi connectivity index (χ1) is 64.8. The van der Waals surface area contributed by atoms with E-state index in [-0.39, 0.29) is 0 Å². The Hall–Kier alpha value is -4.69. The lowest BCUT2D eigenvalue weighted by atomic mass is 9.93. The van der Waals surface area contributed by atoms with Crippen molar-refractivity contribution in [1.29, 1.82) is 0 Å². The predicted octanol–water partition coefficient (Wildman–Crippen LogP) is -24.3. The van der Waals surface area contributed by atoms with E-state index in [4.69, 9.17) is 99.5 Å². The third-order valence-electron chi connectivity index (χ3n) is 25.0. The number of carbonyl (C=O) groups is 5. The Morgan fingerprint density at radius 3 is 0.803 bits per heavy atom. The summed E-state index contributed by atoms with van der Waals surface area (Å²) in [7, 11) is 0. The zero-order valence-electron chi connectivity index (χ0n) is 73.6. The molecule has 11 fully saturated rings. The summed E-state index contributed by atoms with van der Waals surface area (Å²) in [6, 6.07) is -10.1. The molecular formula is C76H127N5O56. The average molecular weight is 2010 g/mol. The third kappa shape index (κ3) is 25.2. The monoisotopic (exact) mass is 2010 g/mol. The van der Waals surface area contributed by atoms with E-state index < -0.39 is 440 Å². The summed E-state index contributed by atoms with van der Waals surface area (Å²) in [5.41, 5.74) is 0. The molecule has 0 radical (unpaired) electrons. The summed E-state index contributed by atoms with van der Waals surface area (Å²) in [6.07, 6.45) is -112. The molecule has 0 saturated carbocycles. The van der Waals surface area contributed by atoms with Crippen molar-refractivity contribution in [2.45, 2.75) is 372 Å². The minimum atomic E-state index is -2.90.